The van der Waals surface area contributed by atoms with Gasteiger partial charge in [0.25, 0.3) is 0 Å². The first-order valence-corrected chi connectivity index (χ1v) is 22.5. The molecule has 0 N–H and O–H groups in total. The summed E-state index contributed by atoms with van der Waals surface area (Å²) in [7, 11) is 0. The first-order chi connectivity index (χ1) is 21.7. The van der Waals surface area contributed by atoms with E-state index in [0.717, 1.165) is 55.6 Å². The second kappa shape index (κ2) is 14.3. The zero-order valence-corrected chi connectivity index (χ0v) is 31.1. The smallest absolute Gasteiger partial charge is 0 e. The van der Waals surface area contributed by atoms with E-state index in [-0.39, 0.29) is 25.9 Å². The van der Waals surface area contributed by atoms with Gasteiger partial charge in [-0.05, 0) is 47.0 Å². The number of halogens is 1. The summed E-state index contributed by atoms with van der Waals surface area (Å²) in [5.74, 6) is 7.32. The Balaban J connectivity index is 0.000000209. The van der Waals surface area contributed by atoms with Crippen molar-refractivity contribution in [1.82, 2.24) is 9.97 Å². The molecule has 3 heterocycles. The average Bonchev–Trinajstić information content (AvgIpc) is 3.44. The van der Waals surface area contributed by atoms with Gasteiger partial charge in [0.2, 0.25) is 0 Å². The zero-order valence-electron chi connectivity index (χ0n) is 26.6. The van der Waals surface area contributed by atoms with E-state index < -0.39 is 13.3 Å². The van der Waals surface area contributed by atoms with Gasteiger partial charge in [-0.3, -0.25) is 0 Å². The van der Waals surface area contributed by atoms with Crippen LogP contribution in [0, 0.1) is 17.9 Å². The van der Waals surface area contributed by atoms with Gasteiger partial charge in [-0.15, -0.1) is 18.2 Å². The second-order valence-corrected chi connectivity index (χ2v) is 23.2. The number of pyridine rings is 2. The first-order valence-electron chi connectivity index (χ1n) is 15.2. The van der Waals surface area contributed by atoms with Gasteiger partial charge in [-0.2, -0.15) is 0 Å². The largest absolute Gasteiger partial charge is 0 e. The zero-order chi connectivity index (χ0) is 31.6. The van der Waals surface area contributed by atoms with Crippen molar-refractivity contribution in [3.63, 3.8) is 0 Å². The quantitative estimate of drug-likeness (QED) is 0.128. The molecule has 0 amide bonds. The predicted molar refractivity (Wildman–Crippen MR) is 187 cm³/mol. The molecule has 4 aromatic carbocycles. The van der Waals surface area contributed by atoms with Gasteiger partial charge in [0, 0.05) is 31.7 Å². The molecule has 0 aliphatic rings. The van der Waals surface area contributed by atoms with Crippen LogP contribution in [0.15, 0.2) is 120 Å². The number of nitrogens with zero attached hydrogens (tertiary/aromatic N) is 2. The molecule has 7 rings (SSSR count). The van der Waals surface area contributed by atoms with E-state index in [1.165, 1.54) is 22.1 Å². The number of hydrogen-bond donors (Lipinski definition) is 0. The molecular formula is C40H35FGeIrN2O-2. The summed E-state index contributed by atoms with van der Waals surface area (Å²) in [4.78, 5) is 9.09. The second-order valence-electron chi connectivity index (χ2n) is 12.5. The van der Waals surface area contributed by atoms with Crippen LogP contribution in [0.5, 0.6) is 0 Å². The van der Waals surface area contributed by atoms with Gasteiger partial charge < -0.3 is 9.40 Å². The Labute approximate surface area is 286 Å². The molecule has 3 aromatic heterocycles. The Morgan fingerprint density at radius 3 is 2.20 bits per heavy atom. The van der Waals surface area contributed by atoms with Gasteiger partial charge in [0.1, 0.15) is 11.4 Å². The molecule has 0 saturated heterocycles. The van der Waals surface area contributed by atoms with Crippen LogP contribution in [0.3, 0.4) is 0 Å². The summed E-state index contributed by atoms with van der Waals surface area (Å²) in [6.45, 7) is 4.34. The monoisotopic (exact) mass is 845 g/mol. The molecule has 1 radical (unpaired) electrons. The Morgan fingerprint density at radius 2 is 1.52 bits per heavy atom. The number of aromatic nitrogens is 2. The summed E-state index contributed by atoms with van der Waals surface area (Å²) in [6.07, 6.45) is 3.88. The van der Waals surface area contributed by atoms with E-state index in [4.69, 9.17) is 4.42 Å². The summed E-state index contributed by atoms with van der Waals surface area (Å²) in [6, 6.07) is 39.5. The van der Waals surface area contributed by atoms with Gasteiger partial charge in [-0.25, -0.2) is 4.39 Å². The van der Waals surface area contributed by atoms with Crippen molar-refractivity contribution in [2.45, 2.75) is 37.0 Å². The standard InChI is InChI=1S/C26H19FNO.C14H16GeN.Ir/c1-16(2)18-12-13-28-24(14-18)23-5-3-4-22-21-11-8-19(15-25(21)29-26(22)23)17-6-9-20(27)10-7-17;1-15(2,3)13-9-10-14(16-11-13)12-7-5-4-6-8-12;/h3-4,6-16H,1-2H3;4-7,9-11H,1-3H3;/q2*-1;. The molecule has 0 spiro atoms. The van der Waals surface area contributed by atoms with Crippen molar-refractivity contribution < 1.29 is 28.9 Å². The minimum absolute atomic E-state index is 0. The van der Waals surface area contributed by atoms with Crippen LogP contribution in [0.1, 0.15) is 25.3 Å². The summed E-state index contributed by atoms with van der Waals surface area (Å²) in [5.41, 5.74) is 8.55. The maximum atomic E-state index is 13.3. The van der Waals surface area contributed by atoms with Crippen LogP contribution in [0.4, 0.5) is 4.39 Å². The number of rotatable bonds is 5. The number of hydrogen-bond acceptors (Lipinski definition) is 3. The maximum absolute atomic E-state index is 13.3. The Bertz CT molecular complexity index is 2070. The van der Waals surface area contributed by atoms with Crippen LogP contribution >= 0.6 is 0 Å². The Morgan fingerprint density at radius 1 is 0.739 bits per heavy atom. The maximum Gasteiger partial charge on any atom is 0 e. The van der Waals surface area contributed by atoms with Crippen molar-refractivity contribution in [2.75, 3.05) is 0 Å². The minimum Gasteiger partial charge on any atom is 0 e. The molecule has 46 heavy (non-hydrogen) atoms. The predicted octanol–water partition coefficient (Wildman–Crippen LogP) is 10.5. The molecule has 0 atom stereocenters. The van der Waals surface area contributed by atoms with Crippen LogP contribution < -0.4 is 4.40 Å². The fourth-order valence-corrected chi connectivity index (χ4v) is 7.42. The van der Waals surface area contributed by atoms with Crippen molar-refractivity contribution in [2.24, 2.45) is 0 Å². The SMILES string of the molecule is CC(C)c1ccnc(-c2[c-]ccc3c2oc2cc(-c4ccc(F)cc4)ccc23)c1.[CH3][Ge]([CH3])([CH3])[c]1ccc(-c2[c-]cccc2)nc1.[Ir]. The van der Waals surface area contributed by atoms with Gasteiger partial charge >= 0.3 is 99.8 Å². The third kappa shape index (κ3) is 7.39. The molecule has 0 unspecified atom stereocenters. The minimum atomic E-state index is -1.72. The molecule has 0 aliphatic carbocycles. The summed E-state index contributed by atoms with van der Waals surface area (Å²) < 4.78 is 21.0. The average molecular weight is 844 g/mol. The third-order valence-electron chi connectivity index (χ3n) is 7.93. The van der Waals surface area contributed by atoms with Crippen LogP contribution in [-0.2, 0) is 20.1 Å². The van der Waals surface area contributed by atoms with Crippen LogP contribution in [0.2, 0.25) is 17.3 Å². The molecule has 0 aliphatic heterocycles. The topological polar surface area (TPSA) is 38.9 Å². The summed E-state index contributed by atoms with van der Waals surface area (Å²) in [5, 5.41) is 2.08. The van der Waals surface area contributed by atoms with E-state index in [1.54, 1.807) is 12.1 Å². The van der Waals surface area contributed by atoms with Crippen LogP contribution in [0.25, 0.3) is 55.6 Å². The van der Waals surface area contributed by atoms with Crippen molar-refractivity contribution in [3.05, 3.63) is 139 Å². The van der Waals surface area contributed by atoms with Crippen molar-refractivity contribution in [3.8, 4) is 33.6 Å². The Hall–Kier alpha value is -3.90. The van der Waals surface area contributed by atoms with E-state index >= 15 is 0 Å². The van der Waals surface area contributed by atoms with Crippen LogP contribution in [-0.4, -0.2) is 23.2 Å². The Kier molecular flexibility index (Phi) is 10.4. The van der Waals surface area contributed by atoms with E-state index in [9.17, 15) is 4.39 Å². The van der Waals surface area contributed by atoms with Gasteiger partial charge in [-0.1, -0.05) is 60.7 Å². The molecular weight excluding hydrogens is 808 g/mol. The molecule has 233 valence electrons. The number of fused-ring (bicyclic) bond motifs is 3. The first kappa shape index (κ1) is 33.5. The fraction of sp³-hybridized carbons (Fsp3) is 0.150. The number of benzene rings is 4. The normalized spacial score (nSPS) is 11.3. The van der Waals surface area contributed by atoms with Crippen molar-refractivity contribution >= 4 is 39.6 Å². The van der Waals surface area contributed by atoms with Gasteiger partial charge in [0.15, 0.2) is 0 Å². The summed E-state index contributed by atoms with van der Waals surface area (Å²) >= 11 is -1.72. The fourth-order valence-electron chi connectivity index (χ4n) is 5.25. The third-order valence-corrected chi connectivity index (χ3v) is 12.2. The molecule has 3 nitrogen and oxygen atoms in total. The van der Waals surface area contributed by atoms with Crippen molar-refractivity contribution in [1.29, 1.82) is 0 Å². The van der Waals surface area contributed by atoms with E-state index in [1.807, 2.05) is 67.0 Å². The molecule has 6 heteroatoms. The molecule has 7 aromatic rings. The molecule has 0 fully saturated rings. The van der Waals surface area contributed by atoms with Gasteiger partial charge in [0.05, 0.1) is 5.58 Å². The molecule has 0 bridgehead atoms. The number of furan rings is 1. The molecule has 0 saturated carbocycles. The van der Waals surface area contributed by atoms with E-state index in [0.29, 0.717) is 5.92 Å². The van der Waals surface area contributed by atoms with E-state index in [2.05, 4.69) is 77.5 Å².